The summed E-state index contributed by atoms with van der Waals surface area (Å²) in [5.74, 6) is 0. The van der Waals surface area contributed by atoms with Gasteiger partial charge in [-0.25, -0.2) is 0 Å². The molecule has 4 heteroatoms. The van der Waals surface area contributed by atoms with Crippen LogP contribution in [0.3, 0.4) is 0 Å². The van der Waals surface area contributed by atoms with E-state index in [4.69, 9.17) is 16.9 Å². The lowest BCUT2D eigenvalue weighted by Crippen LogP contribution is -2.26. The Bertz CT molecular complexity index is 472. The van der Waals surface area contributed by atoms with E-state index in [2.05, 4.69) is 0 Å². The Morgan fingerprint density at radius 2 is 2.33 bits per heavy atom. The number of halogens is 1. The Kier molecular flexibility index (Phi) is 2.79. The molecule has 15 heavy (non-hydrogen) atoms. The molecule has 0 bridgehead atoms. The second kappa shape index (κ2) is 4.08. The van der Waals surface area contributed by atoms with Crippen LogP contribution in [0.4, 0.5) is 0 Å². The minimum absolute atomic E-state index is 0.0587. The largest absolute Gasteiger partial charge is 0.310 e. The Balaban J connectivity index is 2.42. The van der Waals surface area contributed by atoms with Crippen LogP contribution in [0.15, 0.2) is 16.9 Å². The highest BCUT2D eigenvalue weighted by atomic mass is 35.5. The Morgan fingerprint density at radius 1 is 1.53 bits per heavy atom. The number of hydrogen-bond donors (Lipinski definition) is 0. The summed E-state index contributed by atoms with van der Waals surface area (Å²) in [5, 5.41) is 8.01. The standard InChI is InChI=1S/C11H11ClN2O/c12-9(6-13)7-14-10-3-1-2-8(10)4-5-11(14)15/h4-5,9H,1-3,7H2. The summed E-state index contributed by atoms with van der Waals surface area (Å²) in [4.78, 5) is 11.6. The second-order valence-electron chi connectivity index (χ2n) is 3.70. The first-order valence-corrected chi connectivity index (χ1v) is 5.41. The van der Waals surface area contributed by atoms with Crippen molar-refractivity contribution in [2.75, 3.05) is 0 Å². The van der Waals surface area contributed by atoms with Gasteiger partial charge in [-0.05, 0) is 24.8 Å². The molecule has 0 saturated carbocycles. The van der Waals surface area contributed by atoms with Crippen molar-refractivity contribution in [1.82, 2.24) is 4.57 Å². The van der Waals surface area contributed by atoms with Crippen LogP contribution in [0.5, 0.6) is 0 Å². The van der Waals surface area contributed by atoms with Gasteiger partial charge in [-0.3, -0.25) is 4.79 Å². The van der Waals surface area contributed by atoms with E-state index < -0.39 is 5.38 Å². The molecule has 1 atom stereocenters. The minimum atomic E-state index is -0.630. The topological polar surface area (TPSA) is 45.8 Å². The van der Waals surface area contributed by atoms with Crippen molar-refractivity contribution in [1.29, 1.82) is 5.26 Å². The molecular weight excluding hydrogens is 212 g/mol. The van der Waals surface area contributed by atoms with Gasteiger partial charge in [0.05, 0.1) is 12.6 Å². The third-order valence-electron chi connectivity index (χ3n) is 2.73. The summed E-state index contributed by atoms with van der Waals surface area (Å²) in [5.41, 5.74) is 2.22. The van der Waals surface area contributed by atoms with Gasteiger partial charge in [0.1, 0.15) is 5.38 Å². The van der Waals surface area contributed by atoms with Crippen LogP contribution in [0.2, 0.25) is 0 Å². The van der Waals surface area contributed by atoms with Crippen LogP contribution in [-0.4, -0.2) is 9.94 Å². The molecule has 1 aromatic heterocycles. The molecule has 0 amide bonds. The molecule has 1 unspecified atom stereocenters. The molecule has 1 aliphatic rings. The molecule has 0 aliphatic heterocycles. The molecule has 0 saturated heterocycles. The zero-order chi connectivity index (χ0) is 10.8. The molecule has 78 valence electrons. The number of aromatic nitrogens is 1. The summed E-state index contributed by atoms with van der Waals surface area (Å²) < 4.78 is 1.64. The molecule has 0 spiro atoms. The molecule has 2 rings (SSSR count). The van der Waals surface area contributed by atoms with E-state index in [0.717, 1.165) is 25.0 Å². The molecular formula is C11H11ClN2O. The number of fused-ring (bicyclic) bond motifs is 1. The molecule has 1 aliphatic carbocycles. The average Bonchev–Trinajstić information content (AvgIpc) is 2.70. The number of pyridine rings is 1. The van der Waals surface area contributed by atoms with Crippen molar-refractivity contribution in [2.24, 2.45) is 0 Å². The fourth-order valence-electron chi connectivity index (χ4n) is 2.04. The number of rotatable bonds is 2. The molecule has 0 fully saturated rings. The molecule has 1 heterocycles. The molecule has 0 N–H and O–H groups in total. The number of nitriles is 1. The van der Waals surface area contributed by atoms with Crippen LogP contribution < -0.4 is 5.56 Å². The minimum Gasteiger partial charge on any atom is -0.310 e. The highest BCUT2D eigenvalue weighted by Gasteiger charge is 2.17. The van der Waals surface area contributed by atoms with E-state index in [0.29, 0.717) is 6.54 Å². The van der Waals surface area contributed by atoms with Crippen LogP contribution >= 0.6 is 11.6 Å². The first-order valence-electron chi connectivity index (χ1n) is 4.97. The van der Waals surface area contributed by atoms with Crippen LogP contribution in [0, 0.1) is 11.3 Å². The van der Waals surface area contributed by atoms with Gasteiger partial charge in [-0.15, -0.1) is 11.6 Å². The van der Waals surface area contributed by atoms with E-state index in [-0.39, 0.29) is 5.56 Å². The van der Waals surface area contributed by atoms with Gasteiger partial charge in [-0.2, -0.15) is 5.26 Å². The first kappa shape index (κ1) is 10.3. The fourth-order valence-corrected chi connectivity index (χ4v) is 2.17. The zero-order valence-corrected chi connectivity index (χ0v) is 9.00. The molecule has 0 aromatic carbocycles. The number of aryl methyl sites for hydroxylation is 1. The normalized spacial score (nSPS) is 15.7. The van der Waals surface area contributed by atoms with Gasteiger partial charge < -0.3 is 4.57 Å². The average molecular weight is 223 g/mol. The number of nitrogens with zero attached hydrogens (tertiary/aromatic N) is 2. The molecule has 1 aromatic rings. The van der Waals surface area contributed by atoms with Gasteiger partial charge in [0.2, 0.25) is 0 Å². The maximum absolute atomic E-state index is 11.6. The summed E-state index contributed by atoms with van der Waals surface area (Å²) in [6.07, 6.45) is 3.02. The monoisotopic (exact) mass is 222 g/mol. The summed E-state index contributed by atoms with van der Waals surface area (Å²) >= 11 is 5.75. The van der Waals surface area contributed by atoms with Crippen LogP contribution in [0.1, 0.15) is 17.7 Å². The predicted octanol–water partition coefficient (Wildman–Crippen LogP) is 1.47. The van der Waals surface area contributed by atoms with Crippen molar-refractivity contribution in [3.8, 4) is 6.07 Å². The smallest absolute Gasteiger partial charge is 0.250 e. The summed E-state index contributed by atoms with van der Waals surface area (Å²) in [6.45, 7) is 0.292. The van der Waals surface area contributed by atoms with E-state index >= 15 is 0 Å². The van der Waals surface area contributed by atoms with Crippen molar-refractivity contribution in [2.45, 2.75) is 31.2 Å². The van der Waals surface area contributed by atoms with Gasteiger partial charge in [0, 0.05) is 11.8 Å². The van der Waals surface area contributed by atoms with Gasteiger partial charge in [-0.1, -0.05) is 6.07 Å². The van der Waals surface area contributed by atoms with Crippen molar-refractivity contribution < 1.29 is 0 Å². The lowest BCUT2D eigenvalue weighted by molar-refractivity contribution is 0.653. The second-order valence-corrected chi connectivity index (χ2v) is 4.23. The highest BCUT2D eigenvalue weighted by Crippen LogP contribution is 2.20. The van der Waals surface area contributed by atoms with Crippen molar-refractivity contribution in [3.05, 3.63) is 33.7 Å². The highest BCUT2D eigenvalue weighted by molar-refractivity contribution is 6.22. The molecule has 3 nitrogen and oxygen atoms in total. The zero-order valence-electron chi connectivity index (χ0n) is 8.24. The van der Waals surface area contributed by atoms with Gasteiger partial charge >= 0.3 is 0 Å². The summed E-state index contributed by atoms with van der Waals surface area (Å²) in [6, 6.07) is 5.38. The maximum Gasteiger partial charge on any atom is 0.250 e. The van der Waals surface area contributed by atoms with Crippen LogP contribution in [0.25, 0.3) is 0 Å². The van der Waals surface area contributed by atoms with E-state index in [9.17, 15) is 4.79 Å². The third-order valence-corrected chi connectivity index (χ3v) is 2.97. The lowest BCUT2D eigenvalue weighted by Gasteiger charge is -2.11. The first-order chi connectivity index (χ1) is 7.22. The predicted molar refractivity (Wildman–Crippen MR) is 58.0 cm³/mol. The fraction of sp³-hybridized carbons (Fsp3) is 0.455. The third kappa shape index (κ3) is 1.91. The maximum atomic E-state index is 11.6. The van der Waals surface area contributed by atoms with Crippen molar-refractivity contribution >= 4 is 11.6 Å². The van der Waals surface area contributed by atoms with Crippen molar-refractivity contribution in [3.63, 3.8) is 0 Å². The quantitative estimate of drug-likeness (QED) is 0.712. The van der Waals surface area contributed by atoms with E-state index in [1.54, 1.807) is 10.6 Å². The van der Waals surface area contributed by atoms with E-state index in [1.807, 2.05) is 12.1 Å². The Labute approximate surface area is 92.9 Å². The van der Waals surface area contributed by atoms with Gasteiger partial charge in [0.25, 0.3) is 5.56 Å². The Hall–Kier alpha value is -1.27. The van der Waals surface area contributed by atoms with Crippen LogP contribution in [-0.2, 0) is 19.4 Å². The Morgan fingerprint density at radius 3 is 3.07 bits per heavy atom. The van der Waals surface area contributed by atoms with E-state index in [1.165, 1.54) is 5.56 Å². The number of alkyl halides is 1. The lowest BCUT2D eigenvalue weighted by atomic mass is 10.2. The SMILES string of the molecule is N#CC(Cl)Cn1c2c(ccc1=O)CCC2. The molecule has 0 radical (unpaired) electrons. The number of hydrogen-bond acceptors (Lipinski definition) is 2. The summed E-state index contributed by atoms with van der Waals surface area (Å²) in [7, 11) is 0. The van der Waals surface area contributed by atoms with Gasteiger partial charge in [0.15, 0.2) is 0 Å².